The topological polar surface area (TPSA) is 46.2 Å². The summed E-state index contributed by atoms with van der Waals surface area (Å²) in [5, 5.41) is 2.37. The summed E-state index contributed by atoms with van der Waals surface area (Å²) in [7, 11) is 0. The second kappa shape index (κ2) is 5.73. The molecule has 0 spiro atoms. The van der Waals surface area contributed by atoms with Crippen LogP contribution in [0, 0.1) is 24.6 Å². The lowest BCUT2D eigenvalue weighted by atomic mass is 9.76. The van der Waals surface area contributed by atoms with Crippen molar-refractivity contribution < 1.29 is 14.0 Å². The predicted molar refractivity (Wildman–Crippen MR) is 74.6 cm³/mol. The molecule has 2 unspecified atom stereocenters. The Hall–Kier alpha value is -1.71. The Morgan fingerprint density at radius 1 is 1.35 bits per heavy atom. The number of carbonyl (C=O) groups is 2. The van der Waals surface area contributed by atoms with Crippen LogP contribution in [0.3, 0.4) is 0 Å². The fraction of sp³-hybridized carbons (Fsp3) is 0.500. The minimum atomic E-state index is -0.362. The Bertz CT molecular complexity index is 539. The van der Waals surface area contributed by atoms with E-state index in [0.29, 0.717) is 17.9 Å². The van der Waals surface area contributed by atoms with E-state index in [1.807, 2.05) is 20.8 Å². The first-order valence-corrected chi connectivity index (χ1v) is 6.98. The number of aryl methyl sites for hydroxylation is 1. The van der Waals surface area contributed by atoms with Crippen molar-refractivity contribution in [3.8, 4) is 0 Å². The lowest BCUT2D eigenvalue weighted by molar-refractivity contribution is -0.137. The summed E-state index contributed by atoms with van der Waals surface area (Å²) in [6.45, 7) is 5.92. The molecule has 1 heterocycles. The highest BCUT2D eigenvalue weighted by molar-refractivity contribution is 5.99. The first-order chi connectivity index (χ1) is 9.38. The van der Waals surface area contributed by atoms with Crippen LogP contribution in [0.5, 0.6) is 0 Å². The molecule has 0 aromatic heterocycles. The molecule has 1 aromatic carbocycles. The van der Waals surface area contributed by atoms with E-state index in [1.54, 1.807) is 12.1 Å². The van der Waals surface area contributed by atoms with Crippen LogP contribution in [0.15, 0.2) is 18.2 Å². The Morgan fingerprint density at radius 3 is 2.70 bits per heavy atom. The SMILES string of the molecule is Cc1ccc(F)c(C2CC(=O)NC(=O)C2CC(C)C)c1. The van der Waals surface area contributed by atoms with Gasteiger partial charge < -0.3 is 0 Å². The van der Waals surface area contributed by atoms with Crippen LogP contribution < -0.4 is 5.32 Å². The van der Waals surface area contributed by atoms with Crippen LogP contribution in [0.1, 0.15) is 43.7 Å². The smallest absolute Gasteiger partial charge is 0.230 e. The Balaban J connectivity index is 2.40. The van der Waals surface area contributed by atoms with Crippen LogP contribution in [0.25, 0.3) is 0 Å². The summed E-state index contributed by atoms with van der Waals surface area (Å²) < 4.78 is 14.1. The van der Waals surface area contributed by atoms with Gasteiger partial charge in [-0.25, -0.2) is 4.39 Å². The van der Waals surface area contributed by atoms with Crippen LogP contribution in [0.4, 0.5) is 4.39 Å². The molecule has 2 amide bonds. The summed E-state index contributed by atoms with van der Waals surface area (Å²) in [6, 6.07) is 4.86. The summed E-state index contributed by atoms with van der Waals surface area (Å²) in [5.41, 5.74) is 1.42. The zero-order chi connectivity index (χ0) is 14.9. The third kappa shape index (κ3) is 3.06. The molecule has 0 bridgehead atoms. The third-order valence-corrected chi connectivity index (χ3v) is 3.77. The normalized spacial score (nSPS) is 23.1. The molecule has 108 valence electrons. The molecule has 2 rings (SSSR count). The highest BCUT2D eigenvalue weighted by Crippen LogP contribution is 2.36. The summed E-state index contributed by atoms with van der Waals surface area (Å²) in [5.74, 6) is -1.32. The first-order valence-electron chi connectivity index (χ1n) is 6.98. The van der Waals surface area contributed by atoms with Gasteiger partial charge in [-0.05, 0) is 30.9 Å². The molecule has 2 atom stereocenters. The minimum absolute atomic E-state index is 0.170. The second-order valence-electron chi connectivity index (χ2n) is 5.98. The maximum Gasteiger partial charge on any atom is 0.230 e. The number of rotatable bonds is 3. The second-order valence-corrected chi connectivity index (χ2v) is 5.98. The predicted octanol–water partition coefficient (Wildman–Crippen LogP) is 2.93. The Kier molecular flexibility index (Phi) is 4.21. The first kappa shape index (κ1) is 14.7. The van der Waals surface area contributed by atoms with Crippen molar-refractivity contribution in [2.45, 2.75) is 39.5 Å². The van der Waals surface area contributed by atoms with Gasteiger partial charge in [0.2, 0.25) is 11.8 Å². The number of benzene rings is 1. The average Bonchev–Trinajstić information content (AvgIpc) is 2.35. The number of amides is 2. The highest BCUT2D eigenvalue weighted by Gasteiger charge is 2.38. The maximum atomic E-state index is 14.1. The van der Waals surface area contributed by atoms with Crippen molar-refractivity contribution in [1.29, 1.82) is 0 Å². The van der Waals surface area contributed by atoms with E-state index in [9.17, 15) is 14.0 Å². The molecule has 0 saturated carbocycles. The number of imide groups is 1. The van der Waals surface area contributed by atoms with Gasteiger partial charge in [-0.3, -0.25) is 14.9 Å². The highest BCUT2D eigenvalue weighted by atomic mass is 19.1. The van der Waals surface area contributed by atoms with E-state index in [0.717, 1.165) is 5.56 Å². The standard InChI is InChI=1S/C16H20FNO2/c1-9(2)6-13-11(8-15(19)18-16(13)20)12-7-10(3)4-5-14(12)17/h4-5,7,9,11,13H,6,8H2,1-3H3,(H,18,19,20). The molecule has 3 nitrogen and oxygen atoms in total. The van der Waals surface area contributed by atoms with Gasteiger partial charge in [0.1, 0.15) is 5.82 Å². The van der Waals surface area contributed by atoms with E-state index in [2.05, 4.69) is 5.32 Å². The number of hydrogen-bond acceptors (Lipinski definition) is 2. The van der Waals surface area contributed by atoms with Gasteiger partial charge >= 0.3 is 0 Å². The number of hydrogen-bond donors (Lipinski definition) is 1. The molecule has 20 heavy (non-hydrogen) atoms. The van der Waals surface area contributed by atoms with Crippen molar-refractivity contribution in [3.05, 3.63) is 35.1 Å². The van der Waals surface area contributed by atoms with E-state index >= 15 is 0 Å². The van der Waals surface area contributed by atoms with Crippen LogP contribution in [-0.4, -0.2) is 11.8 Å². The van der Waals surface area contributed by atoms with Gasteiger partial charge in [-0.15, -0.1) is 0 Å². The fourth-order valence-corrected chi connectivity index (χ4v) is 2.86. The van der Waals surface area contributed by atoms with Crippen LogP contribution >= 0.6 is 0 Å². The number of carbonyl (C=O) groups excluding carboxylic acids is 2. The third-order valence-electron chi connectivity index (χ3n) is 3.77. The van der Waals surface area contributed by atoms with E-state index in [1.165, 1.54) is 6.07 Å². The summed E-state index contributed by atoms with van der Waals surface area (Å²) >= 11 is 0. The maximum absolute atomic E-state index is 14.1. The van der Waals surface area contributed by atoms with Crippen molar-refractivity contribution in [2.24, 2.45) is 11.8 Å². The summed E-state index contributed by atoms with van der Waals surface area (Å²) in [6.07, 6.45) is 0.820. The van der Waals surface area contributed by atoms with Crippen molar-refractivity contribution >= 4 is 11.8 Å². The quantitative estimate of drug-likeness (QED) is 0.863. The lowest BCUT2D eigenvalue weighted by Gasteiger charge is -2.31. The molecule has 0 aliphatic carbocycles. The average molecular weight is 277 g/mol. The zero-order valence-electron chi connectivity index (χ0n) is 12.1. The van der Waals surface area contributed by atoms with Crippen LogP contribution in [0.2, 0.25) is 0 Å². The van der Waals surface area contributed by atoms with E-state index in [4.69, 9.17) is 0 Å². The molecule has 1 fully saturated rings. The van der Waals surface area contributed by atoms with Gasteiger partial charge in [0.05, 0.1) is 0 Å². The monoisotopic (exact) mass is 277 g/mol. The lowest BCUT2D eigenvalue weighted by Crippen LogP contribution is -2.45. The molecule has 1 aromatic rings. The molecular weight excluding hydrogens is 257 g/mol. The van der Waals surface area contributed by atoms with Crippen molar-refractivity contribution in [3.63, 3.8) is 0 Å². The van der Waals surface area contributed by atoms with Gasteiger partial charge in [0.15, 0.2) is 0 Å². The molecule has 1 aliphatic heterocycles. The van der Waals surface area contributed by atoms with E-state index < -0.39 is 0 Å². The Labute approximate surface area is 118 Å². The molecule has 1 N–H and O–H groups in total. The fourth-order valence-electron chi connectivity index (χ4n) is 2.86. The molecule has 0 radical (unpaired) electrons. The largest absolute Gasteiger partial charge is 0.296 e. The Morgan fingerprint density at radius 2 is 2.05 bits per heavy atom. The molecule has 1 aliphatic rings. The van der Waals surface area contributed by atoms with Crippen LogP contribution in [-0.2, 0) is 9.59 Å². The molecular formula is C16H20FNO2. The summed E-state index contributed by atoms with van der Waals surface area (Å²) in [4.78, 5) is 23.7. The van der Waals surface area contributed by atoms with E-state index in [-0.39, 0.29) is 35.9 Å². The minimum Gasteiger partial charge on any atom is -0.296 e. The van der Waals surface area contributed by atoms with Crippen molar-refractivity contribution in [1.82, 2.24) is 5.32 Å². The number of piperidine rings is 1. The van der Waals surface area contributed by atoms with Gasteiger partial charge in [0.25, 0.3) is 0 Å². The van der Waals surface area contributed by atoms with Crippen molar-refractivity contribution in [2.75, 3.05) is 0 Å². The zero-order valence-corrected chi connectivity index (χ0v) is 12.1. The number of halogens is 1. The molecule has 4 heteroatoms. The van der Waals surface area contributed by atoms with Gasteiger partial charge in [-0.2, -0.15) is 0 Å². The molecule has 1 saturated heterocycles. The van der Waals surface area contributed by atoms with Gasteiger partial charge in [0, 0.05) is 18.3 Å². The number of nitrogens with one attached hydrogen (secondary N) is 1. The van der Waals surface area contributed by atoms with Gasteiger partial charge in [-0.1, -0.05) is 31.5 Å².